The maximum atomic E-state index is 12.5. The third-order valence-corrected chi connectivity index (χ3v) is 7.67. The van der Waals surface area contributed by atoms with Gasteiger partial charge in [-0.3, -0.25) is 14.5 Å². The number of nitrogens with two attached hydrogens (primary N) is 1. The van der Waals surface area contributed by atoms with Gasteiger partial charge in [-0.1, -0.05) is 37.7 Å². The number of nitrogens with zero attached hydrogens (tertiary/aromatic N) is 3. The first-order chi connectivity index (χ1) is 14.9. The van der Waals surface area contributed by atoms with Crippen LogP contribution in [-0.4, -0.2) is 45.1 Å². The molecule has 0 saturated heterocycles. The van der Waals surface area contributed by atoms with Crippen LogP contribution in [0.5, 0.6) is 0 Å². The number of benzene rings is 1. The first-order valence-corrected chi connectivity index (χ1v) is 12.0. The van der Waals surface area contributed by atoms with Gasteiger partial charge in [0.1, 0.15) is 10.6 Å². The number of imide groups is 1. The van der Waals surface area contributed by atoms with Crippen molar-refractivity contribution in [3.8, 4) is 0 Å². The summed E-state index contributed by atoms with van der Waals surface area (Å²) in [6, 6.07) is 6.91. The van der Waals surface area contributed by atoms with Crippen molar-refractivity contribution in [3.05, 3.63) is 45.8 Å². The first-order valence-electron chi connectivity index (χ1n) is 10.2. The Balaban J connectivity index is 1.31. The highest BCUT2D eigenvalue weighted by atomic mass is 32.2. The predicted octanol–water partition coefficient (Wildman–Crippen LogP) is 3.76. The molecule has 1 aromatic carbocycles. The minimum absolute atomic E-state index is 0.179. The smallest absolute Gasteiger partial charge is 0.261 e. The monoisotopic (exact) mass is 454 g/mol. The quantitative estimate of drug-likeness (QED) is 0.356. The molecule has 4 heterocycles. The summed E-state index contributed by atoms with van der Waals surface area (Å²) in [5.41, 5.74) is 8.47. The van der Waals surface area contributed by atoms with Gasteiger partial charge in [-0.15, -0.1) is 11.3 Å². The highest BCUT2D eigenvalue weighted by Crippen LogP contribution is 2.39. The minimum atomic E-state index is -0.247. The lowest BCUT2D eigenvalue weighted by Crippen LogP contribution is -2.31. The molecule has 3 aromatic rings. The van der Waals surface area contributed by atoms with E-state index in [2.05, 4.69) is 18.8 Å². The van der Waals surface area contributed by atoms with Crippen LogP contribution in [0.15, 0.2) is 29.4 Å². The number of amides is 2. The van der Waals surface area contributed by atoms with E-state index in [1.54, 1.807) is 35.6 Å². The summed E-state index contributed by atoms with van der Waals surface area (Å²) in [5.74, 6) is 0.919. The van der Waals surface area contributed by atoms with Gasteiger partial charge in [0, 0.05) is 23.6 Å². The van der Waals surface area contributed by atoms with E-state index in [1.165, 1.54) is 27.1 Å². The molecule has 2 N–H and O–H groups in total. The highest BCUT2D eigenvalue weighted by Gasteiger charge is 2.34. The van der Waals surface area contributed by atoms with E-state index in [9.17, 15) is 9.59 Å². The van der Waals surface area contributed by atoms with Gasteiger partial charge in [0.05, 0.1) is 29.2 Å². The lowest BCUT2D eigenvalue weighted by molar-refractivity contribution is 0.00202. The van der Waals surface area contributed by atoms with Crippen LogP contribution in [0, 0.1) is 5.92 Å². The topological polar surface area (TPSA) is 98.4 Å². The fourth-order valence-electron chi connectivity index (χ4n) is 4.05. The Labute approximate surface area is 188 Å². The predicted molar refractivity (Wildman–Crippen MR) is 121 cm³/mol. The van der Waals surface area contributed by atoms with Gasteiger partial charge in [0.2, 0.25) is 0 Å². The summed E-state index contributed by atoms with van der Waals surface area (Å²) >= 11 is 3.00. The van der Waals surface area contributed by atoms with Crippen LogP contribution in [0.4, 0.5) is 5.82 Å². The Bertz CT molecular complexity index is 1170. The zero-order valence-electron chi connectivity index (χ0n) is 17.3. The SMILES string of the molecule is CC(C)[C@@H]1Cc2c(sc3nc(SCCN4C(=O)c5ccccc5C4=O)nc(N)c23)CO1. The number of aromatic nitrogens is 2. The second-order valence-corrected chi connectivity index (χ2v) is 10.2. The highest BCUT2D eigenvalue weighted by molar-refractivity contribution is 7.99. The van der Waals surface area contributed by atoms with Crippen molar-refractivity contribution in [1.82, 2.24) is 14.9 Å². The molecule has 9 heteroatoms. The summed E-state index contributed by atoms with van der Waals surface area (Å²) in [6.07, 6.45) is 1.01. The molecule has 5 rings (SSSR count). The van der Waals surface area contributed by atoms with Crippen molar-refractivity contribution in [2.24, 2.45) is 5.92 Å². The molecular formula is C22H22N4O3S2. The second-order valence-electron chi connectivity index (χ2n) is 8.03. The van der Waals surface area contributed by atoms with Crippen LogP contribution >= 0.6 is 23.1 Å². The Morgan fingerprint density at radius 3 is 2.61 bits per heavy atom. The molecule has 0 radical (unpaired) electrons. The average Bonchev–Trinajstić information content (AvgIpc) is 3.24. The Morgan fingerprint density at radius 1 is 1.23 bits per heavy atom. The number of fused-ring (bicyclic) bond motifs is 4. The zero-order valence-corrected chi connectivity index (χ0v) is 18.9. The van der Waals surface area contributed by atoms with Gasteiger partial charge in [0.15, 0.2) is 5.16 Å². The number of carbonyl (C=O) groups is 2. The molecule has 2 aliphatic heterocycles. The Hall–Kier alpha value is -2.49. The molecule has 7 nitrogen and oxygen atoms in total. The maximum Gasteiger partial charge on any atom is 0.261 e. The number of hydrogen-bond acceptors (Lipinski definition) is 8. The molecular weight excluding hydrogens is 432 g/mol. The third kappa shape index (κ3) is 3.50. The van der Waals surface area contributed by atoms with Crippen LogP contribution in [0.25, 0.3) is 10.2 Å². The van der Waals surface area contributed by atoms with Crippen molar-refractivity contribution >= 4 is 50.9 Å². The van der Waals surface area contributed by atoms with Gasteiger partial charge < -0.3 is 10.5 Å². The zero-order chi connectivity index (χ0) is 21.7. The van der Waals surface area contributed by atoms with Gasteiger partial charge in [-0.25, -0.2) is 9.97 Å². The molecule has 2 aliphatic rings. The summed E-state index contributed by atoms with van der Waals surface area (Å²) in [7, 11) is 0. The second kappa shape index (κ2) is 7.89. The molecule has 0 bridgehead atoms. The number of thiophene rings is 1. The number of hydrogen-bond donors (Lipinski definition) is 1. The molecule has 0 fully saturated rings. The van der Waals surface area contributed by atoms with Crippen LogP contribution in [-0.2, 0) is 17.8 Å². The summed E-state index contributed by atoms with van der Waals surface area (Å²) in [4.78, 5) is 37.5. The fourth-order valence-corrected chi connectivity index (χ4v) is 6.01. The number of thioether (sulfide) groups is 1. The lowest BCUT2D eigenvalue weighted by atomic mass is 9.96. The van der Waals surface area contributed by atoms with Gasteiger partial charge in [-0.05, 0) is 23.6 Å². The molecule has 2 aromatic heterocycles. The van der Waals surface area contributed by atoms with Crippen molar-refractivity contribution in [2.75, 3.05) is 18.0 Å². The first kappa shape index (κ1) is 20.4. The van der Waals surface area contributed by atoms with Crippen LogP contribution < -0.4 is 5.73 Å². The molecule has 2 amide bonds. The van der Waals surface area contributed by atoms with E-state index < -0.39 is 0 Å². The maximum absolute atomic E-state index is 12.5. The molecule has 160 valence electrons. The van der Waals surface area contributed by atoms with Crippen molar-refractivity contribution in [2.45, 2.75) is 38.1 Å². The van der Waals surface area contributed by atoms with Crippen LogP contribution in [0.3, 0.4) is 0 Å². The minimum Gasteiger partial charge on any atom is -0.383 e. The Kier molecular flexibility index (Phi) is 5.19. The van der Waals surface area contributed by atoms with E-state index in [0.717, 1.165) is 16.6 Å². The number of nitrogen functional groups attached to an aromatic ring is 1. The van der Waals surface area contributed by atoms with E-state index in [1.807, 2.05) is 0 Å². The number of carbonyl (C=O) groups excluding carboxylic acids is 2. The van der Waals surface area contributed by atoms with Gasteiger partial charge in [-0.2, -0.15) is 0 Å². The van der Waals surface area contributed by atoms with Gasteiger partial charge in [0.25, 0.3) is 11.8 Å². The third-order valence-electron chi connectivity index (χ3n) is 5.74. The normalized spacial score (nSPS) is 18.2. The van der Waals surface area contributed by atoms with E-state index in [-0.39, 0.29) is 17.9 Å². The number of anilines is 1. The molecule has 0 unspecified atom stereocenters. The van der Waals surface area contributed by atoms with Crippen molar-refractivity contribution in [3.63, 3.8) is 0 Å². The summed E-state index contributed by atoms with van der Waals surface area (Å²) in [5, 5.41) is 1.50. The number of rotatable bonds is 5. The summed E-state index contributed by atoms with van der Waals surface area (Å²) < 4.78 is 5.98. The van der Waals surface area contributed by atoms with E-state index in [0.29, 0.717) is 46.9 Å². The molecule has 1 atom stereocenters. The average molecular weight is 455 g/mol. The van der Waals surface area contributed by atoms with Gasteiger partial charge >= 0.3 is 0 Å². The largest absolute Gasteiger partial charge is 0.383 e. The molecule has 31 heavy (non-hydrogen) atoms. The molecule has 0 saturated carbocycles. The van der Waals surface area contributed by atoms with Crippen LogP contribution in [0.2, 0.25) is 0 Å². The Morgan fingerprint density at radius 2 is 1.94 bits per heavy atom. The van der Waals surface area contributed by atoms with E-state index >= 15 is 0 Å². The lowest BCUT2D eigenvalue weighted by Gasteiger charge is -2.26. The van der Waals surface area contributed by atoms with E-state index in [4.69, 9.17) is 15.5 Å². The van der Waals surface area contributed by atoms with Crippen molar-refractivity contribution in [1.29, 1.82) is 0 Å². The summed E-state index contributed by atoms with van der Waals surface area (Å²) in [6.45, 7) is 5.20. The molecule has 0 aliphatic carbocycles. The molecule has 0 spiro atoms. The van der Waals surface area contributed by atoms with Crippen molar-refractivity contribution < 1.29 is 14.3 Å². The fraction of sp³-hybridized carbons (Fsp3) is 0.364. The van der Waals surface area contributed by atoms with Crippen LogP contribution in [0.1, 0.15) is 45.0 Å². The number of ether oxygens (including phenoxy) is 1. The standard InChI is InChI=1S/C22H22N4O3S2/c1-11(2)15-9-14-16(10-29-15)31-19-17(14)18(23)24-22(25-19)30-8-7-26-20(27)12-5-3-4-6-13(12)21(26)28/h3-6,11,15H,7-10H2,1-2H3,(H2,23,24,25)/t15-/m0/s1.